The smallest absolute Gasteiger partial charge is 0.306 e. The molecule has 0 saturated carbocycles. The quantitative estimate of drug-likeness (QED) is 0.640. The zero-order chi connectivity index (χ0) is 9.78. The van der Waals surface area contributed by atoms with E-state index in [0.717, 1.165) is 0 Å². The SMILES string of the molecule is COCC(O)(CC(=O)O)C(C)C. The maximum absolute atomic E-state index is 10.4. The van der Waals surface area contributed by atoms with Gasteiger partial charge in [0, 0.05) is 7.11 Å². The topological polar surface area (TPSA) is 66.8 Å². The summed E-state index contributed by atoms with van der Waals surface area (Å²) in [6, 6.07) is 0. The van der Waals surface area contributed by atoms with Crippen LogP contribution in [0.15, 0.2) is 0 Å². The summed E-state index contributed by atoms with van der Waals surface area (Å²) < 4.78 is 4.76. The molecule has 0 heterocycles. The van der Waals surface area contributed by atoms with Gasteiger partial charge in [-0.05, 0) is 5.92 Å². The second kappa shape index (κ2) is 4.42. The summed E-state index contributed by atoms with van der Waals surface area (Å²) in [6.45, 7) is 3.58. The summed E-state index contributed by atoms with van der Waals surface area (Å²) in [7, 11) is 1.44. The maximum Gasteiger partial charge on any atom is 0.306 e. The molecule has 0 aliphatic rings. The normalized spacial score (nSPS) is 16.1. The van der Waals surface area contributed by atoms with Gasteiger partial charge in [0.15, 0.2) is 0 Å². The third-order valence-electron chi connectivity index (χ3n) is 1.93. The van der Waals surface area contributed by atoms with E-state index in [9.17, 15) is 9.90 Å². The molecule has 0 bridgehead atoms. The van der Waals surface area contributed by atoms with Gasteiger partial charge in [0.25, 0.3) is 0 Å². The Morgan fingerprint density at radius 2 is 2.08 bits per heavy atom. The van der Waals surface area contributed by atoms with Gasteiger partial charge in [-0.1, -0.05) is 13.8 Å². The molecular weight excluding hydrogens is 160 g/mol. The lowest BCUT2D eigenvalue weighted by Crippen LogP contribution is -2.41. The predicted octanol–water partition coefficient (Wildman–Crippen LogP) is 0.495. The van der Waals surface area contributed by atoms with E-state index in [-0.39, 0.29) is 18.9 Å². The van der Waals surface area contributed by atoms with E-state index in [1.807, 2.05) is 0 Å². The zero-order valence-corrected chi connectivity index (χ0v) is 7.70. The highest BCUT2D eigenvalue weighted by Gasteiger charge is 2.33. The minimum atomic E-state index is -1.25. The van der Waals surface area contributed by atoms with Gasteiger partial charge in [-0.15, -0.1) is 0 Å². The van der Waals surface area contributed by atoms with Gasteiger partial charge in [-0.2, -0.15) is 0 Å². The van der Waals surface area contributed by atoms with Crippen molar-refractivity contribution in [3.63, 3.8) is 0 Å². The number of hydrogen-bond donors (Lipinski definition) is 2. The zero-order valence-electron chi connectivity index (χ0n) is 7.70. The number of rotatable bonds is 5. The molecule has 0 aliphatic heterocycles. The fourth-order valence-electron chi connectivity index (χ4n) is 0.934. The molecule has 0 aliphatic carbocycles. The molecule has 0 aromatic rings. The Bertz CT molecular complexity index is 155. The number of ether oxygens (including phenoxy) is 1. The van der Waals surface area contributed by atoms with Gasteiger partial charge in [0.05, 0.1) is 13.0 Å². The van der Waals surface area contributed by atoms with Crippen LogP contribution in [0.3, 0.4) is 0 Å². The van der Waals surface area contributed by atoms with E-state index in [4.69, 9.17) is 9.84 Å². The van der Waals surface area contributed by atoms with Crippen LogP contribution in [-0.2, 0) is 9.53 Å². The fraction of sp³-hybridized carbons (Fsp3) is 0.875. The number of carboxylic acids is 1. The van der Waals surface area contributed by atoms with Gasteiger partial charge < -0.3 is 14.9 Å². The first kappa shape index (κ1) is 11.4. The first-order valence-electron chi connectivity index (χ1n) is 3.85. The average Bonchev–Trinajstić information content (AvgIpc) is 1.85. The van der Waals surface area contributed by atoms with Crippen molar-refractivity contribution in [3.05, 3.63) is 0 Å². The molecule has 0 spiro atoms. The minimum Gasteiger partial charge on any atom is -0.481 e. The van der Waals surface area contributed by atoms with Crippen molar-refractivity contribution in [2.75, 3.05) is 13.7 Å². The van der Waals surface area contributed by atoms with Crippen LogP contribution in [0.5, 0.6) is 0 Å². The molecule has 4 nitrogen and oxygen atoms in total. The van der Waals surface area contributed by atoms with Crippen molar-refractivity contribution in [3.8, 4) is 0 Å². The summed E-state index contributed by atoms with van der Waals surface area (Å²) in [6.07, 6.45) is -0.279. The standard InChI is InChI=1S/C8H16O4/c1-6(2)8(11,5-12-3)4-7(9)10/h6,11H,4-5H2,1-3H3,(H,9,10). The van der Waals surface area contributed by atoms with Gasteiger partial charge in [-0.25, -0.2) is 0 Å². The number of methoxy groups -OCH3 is 1. The maximum atomic E-state index is 10.4. The Labute approximate surface area is 72.2 Å². The molecule has 0 amide bonds. The summed E-state index contributed by atoms with van der Waals surface area (Å²) >= 11 is 0. The molecular formula is C8H16O4. The number of aliphatic hydroxyl groups is 1. The van der Waals surface area contributed by atoms with E-state index < -0.39 is 11.6 Å². The number of hydrogen-bond acceptors (Lipinski definition) is 3. The number of carboxylic acid groups (broad SMARTS) is 1. The van der Waals surface area contributed by atoms with Crippen LogP contribution >= 0.6 is 0 Å². The van der Waals surface area contributed by atoms with Crippen LogP contribution in [0, 0.1) is 5.92 Å². The van der Waals surface area contributed by atoms with Crippen molar-refractivity contribution in [2.45, 2.75) is 25.9 Å². The molecule has 0 rings (SSSR count). The van der Waals surface area contributed by atoms with Crippen LogP contribution in [0.2, 0.25) is 0 Å². The van der Waals surface area contributed by atoms with Crippen molar-refractivity contribution >= 4 is 5.97 Å². The van der Waals surface area contributed by atoms with E-state index in [1.165, 1.54) is 7.11 Å². The molecule has 12 heavy (non-hydrogen) atoms. The van der Waals surface area contributed by atoms with Crippen molar-refractivity contribution in [2.24, 2.45) is 5.92 Å². The molecule has 0 fully saturated rings. The van der Waals surface area contributed by atoms with Crippen molar-refractivity contribution in [1.82, 2.24) is 0 Å². The monoisotopic (exact) mass is 176 g/mol. The fourth-order valence-corrected chi connectivity index (χ4v) is 0.934. The third-order valence-corrected chi connectivity index (χ3v) is 1.93. The van der Waals surface area contributed by atoms with Crippen LogP contribution < -0.4 is 0 Å². The minimum absolute atomic E-state index is 0.0525. The van der Waals surface area contributed by atoms with Gasteiger partial charge in [0.1, 0.15) is 5.60 Å². The van der Waals surface area contributed by atoms with Crippen LogP contribution in [-0.4, -0.2) is 35.5 Å². The number of carbonyl (C=O) groups is 1. The molecule has 0 radical (unpaired) electrons. The second-order valence-corrected chi connectivity index (χ2v) is 3.26. The van der Waals surface area contributed by atoms with E-state index >= 15 is 0 Å². The lowest BCUT2D eigenvalue weighted by atomic mass is 9.88. The molecule has 72 valence electrons. The molecule has 0 aromatic heterocycles. The Hall–Kier alpha value is -0.610. The molecule has 0 saturated heterocycles. The summed E-state index contributed by atoms with van der Waals surface area (Å²) in [5.41, 5.74) is -1.25. The molecule has 0 aromatic carbocycles. The first-order chi connectivity index (χ1) is 5.42. The Morgan fingerprint density at radius 1 is 1.58 bits per heavy atom. The van der Waals surface area contributed by atoms with Gasteiger partial charge in [0.2, 0.25) is 0 Å². The highest BCUT2D eigenvalue weighted by molar-refractivity contribution is 5.68. The van der Waals surface area contributed by atoms with E-state index in [1.54, 1.807) is 13.8 Å². The molecule has 1 atom stereocenters. The number of aliphatic carboxylic acids is 1. The van der Waals surface area contributed by atoms with Gasteiger partial charge >= 0.3 is 5.97 Å². The largest absolute Gasteiger partial charge is 0.481 e. The Kier molecular flexibility index (Phi) is 4.20. The first-order valence-corrected chi connectivity index (χ1v) is 3.85. The van der Waals surface area contributed by atoms with E-state index in [2.05, 4.69) is 0 Å². The van der Waals surface area contributed by atoms with Gasteiger partial charge in [-0.3, -0.25) is 4.79 Å². The van der Waals surface area contributed by atoms with Crippen LogP contribution in [0.4, 0.5) is 0 Å². The third kappa shape index (κ3) is 3.19. The second-order valence-electron chi connectivity index (χ2n) is 3.26. The van der Waals surface area contributed by atoms with Crippen LogP contribution in [0.25, 0.3) is 0 Å². The average molecular weight is 176 g/mol. The highest BCUT2D eigenvalue weighted by atomic mass is 16.5. The summed E-state index contributed by atoms with van der Waals surface area (Å²) in [4.78, 5) is 10.4. The van der Waals surface area contributed by atoms with Crippen molar-refractivity contribution in [1.29, 1.82) is 0 Å². The summed E-state index contributed by atoms with van der Waals surface area (Å²) in [5, 5.41) is 18.3. The molecule has 1 unspecified atom stereocenters. The predicted molar refractivity (Wildman–Crippen MR) is 43.9 cm³/mol. The summed E-state index contributed by atoms with van der Waals surface area (Å²) in [5.74, 6) is -1.14. The molecule has 2 N–H and O–H groups in total. The van der Waals surface area contributed by atoms with E-state index in [0.29, 0.717) is 0 Å². The lowest BCUT2D eigenvalue weighted by molar-refractivity contribution is -0.148. The van der Waals surface area contributed by atoms with Crippen molar-refractivity contribution < 1.29 is 19.7 Å². The Balaban J connectivity index is 4.28. The molecule has 4 heteroatoms. The van der Waals surface area contributed by atoms with Crippen LogP contribution in [0.1, 0.15) is 20.3 Å². The lowest BCUT2D eigenvalue weighted by Gasteiger charge is -2.29. The Morgan fingerprint density at radius 3 is 2.33 bits per heavy atom. The highest BCUT2D eigenvalue weighted by Crippen LogP contribution is 2.21.